The first-order valence-electron chi connectivity index (χ1n) is 3.45. The summed E-state index contributed by atoms with van der Waals surface area (Å²) in [5.41, 5.74) is 6.08. The van der Waals surface area contributed by atoms with Crippen LogP contribution in [0.2, 0.25) is 0 Å². The van der Waals surface area contributed by atoms with Crippen LogP contribution in [0.15, 0.2) is 23.5 Å². The smallest absolute Gasteiger partial charge is 0.179 e. The molecule has 70 valence electrons. The lowest BCUT2D eigenvalue weighted by Crippen LogP contribution is -2.07. The van der Waals surface area contributed by atoms with Gasteiger partial charge < -0.3 is 19.9 Å². The topological polar surface area (TPSA) is 53.7 Å². The molecule has 4 nitrogen and oxygen atoms in total. The van der Waals surface area contributed by atoms with Gasteiger partial charge in [0.2, 0.25) is 0 Å². The highest BCUT2D eigenvalue weighted by molar-refractivity contribution is 5.23. The van der Waals surface area contributed by atoms with Gasteiger partial charge in [-0.3, -0.25) is 0 Å². The lowest BCUT2D eigenvalue weighted by atomic mass is 10.3. The van der Waals surface area contributed by atoms with Gasteiger partial charge >= 0.3 is 0 Å². The summed E-state index contributed by atoms with van der Waals surface area (Å²) in [7, 11) is 4.58. The molecule has 0 aromatic rings. The van der Waals surface area contributed by atoms with E-state index in [0.717, 1.165) is 0 Å². The minimum Gasteiger partial charge on any atom is -0.500 e. The molecule has 0 amide bonds. The van der Waals surface area contributed by atoms with E-state index in [-0.39, 0.29) is 0 Å². The molecule has 0 unspecified atom stereocenters. The van der Waals surface area contributed by atoms with E-state index < -0.39 is 0 Å². The zero-order valence-corrected chi connectivity index (χ0v) is 7.88. The number of nitrogens with two attached hydrogens (primary N) is 1. The third-order valence-electron chi connectivity index (χ3n) is 1.40. The van der Waals surface area contributed by atoms with Crippen molar-refractivity contribution in [1.82, 2.24) is 0 Å². The Hall–Kier alpha value is -1.32. The van der Waals surface area contributed by atoms with Gasteiger partial charge in [0.15, 0.2) is 5.76 Å². The van der Waals surface area contributed by atoms with Crippen molar-refractivity contribution in [1.29, 1.82) is 0 Å². The zero-order valence-electron chi connectivity index (χ0n) is 7.88. The van der Waals surface area contributed by atoms with Crippen LogP contribution in [-0.4, -0.2) is 21.3 Å². The zero-order chi connectivity index (χ0) is 9.56. The van der Waals surface area contributed by atoms with Crippen molar-refractivity contribution in [2.24, 2.45) is 5.73 Å². The fraction of sp³-hybridized carbons (Fsp3) is 0.500. The first-order chi connectivity index (χ1) is 5.67. The van der Waals surface area contributed by atoms with E-state index in [2.05, 4.69) is 0 Å². The quantitative estimate of drug-likeness (QED) is 0.508. The Bertz CT molecular complexity index is 196. The predicted octanol–water partition coefficient (Wildman–Crippen LogP) is 0.957. The number of ether oxygens (including phenoxy) is 3. The van der Waals surface area contributed by atoms with Crippen molar-refractivity contribution < 1.29 is 14.2 Å². The molecule has 2 N–H and O–H groups in total. The summed E-state index contributed by atoms with van der Waals surface area (Å²) in [6.07, 6.45) is 1.41. The molecule has 0 aliphatic rings. The molecule has 0 bridgehead atoms. The van der Waals surface area contributed by atoms with E-state index in [1.165, 1.54) is 20.5 Å². The van der Waals surface area contributed by atoms with Gasteiger partial charge in [-0.05, 0) is 6.92 Å². The molecular weight excluding hydrogens is 158 g/mol. The van der Waals surface area contributed by atoms with Crippen LogP contribution in [0.4, 0.5) is 0 Å². The number of rotatable bonds is 4. The molecule has 0 heterocycles. The monoisotopic (exact) mass is 173 g/mol. The van der Waals surface area contributed by atoms with Crippen LogP contribution in [0.1, 0.15) is 6.92 Å². The summed E-state index contributed by atoms with van der Waals surface area (Å²) < 4.78 is 14.6. The van der Waals surface area contributed by atoms with Crippen molar-refractivity contribution in [3.05, 3.63) is 23.5 Å². The van der Waals surface area contributed by atoms with Crippen LogP contribution >= 0.6 is 0 Å². The van der Waals surface area contributed by atoms with Crippen molar-refractivity contribution >= 4 is 0 Å². The van der Waals surface area contributed by atoms with E-state index in [9.17, 15) is 0 Å². The van der Waals surface area contributed by atoms with Gasteiger partial charge in [-0.15, -0.1) is 0 Å². The summed E-state index contributed by atoms with van der Waals surface area (Å²) in [5, 5.41) is 0. The second kappa shape index (κ2) is 5.35. The van der Waals surface area contributed by atoms with Crippen molar-refractivity contribution in [3.8, 4) is 0 Å². The number of allylic oxidation sites excluding steroid dienone is 1. The molecule has 0 aliphatic heterocycles. The van der Waals surface area contributed by atoms with Gasteiger partial charge in [-0.25, -0.2) is 0 Å². The van der Waals surface area contributed by atoms with Crippen molar-refractivity contribution in [3.63, 3.8) is 0 Å². The first-order valence-corrected chi connectivity index (χ1v) is 3.45. The Morgan fingerprint density at radius 3 is 2.08 bits per heavy atom. The standard InChI is InChI=1S/C8H15NO3/c1-6(11-3)8(9)7(12-4)5-10-2/h5H,9H2,1-4H3/b7-5-,8-6+. The highest BCUT2D eigenvalue weighted by Crippen LogP contribution is 2.10. The van der Waals surface area contributed by atoms with Gasteiger partial charge in [-0.1, -0.05) is 0 Å². The van der Waals surface area contributed by atoms with E-state index in [4.69, 9.17) is 19.9 Å². The molecule has 0 aromatic carbocycles. The summed E-state index contributed by atoms with van der Waals surface area (Å²) in [6.45, 7) is 1.75. The van der Waals surface area contributed by atoms with Crippen LogP contribution in [0.25, 0.3) is 0 Å². The largest absolute Gasteiger partial charge is 0.500 e. The maximum Gasteiger partial charge on any atom is 0.179 e. The van der Waals surface area contributed by atoms with Crippen LogP contribution in [0, 0.1) is 0 Å². The summed E-state index contributed by atoms with van der Waals surface area (Å²) in [5.74, 6) is 1.05. The highest BCUT2D eigenvalue weighted by Gasteiger charge is 2.05. The average molecular weight is 173 g/mol. The van der Waals surface area contributed by atoms with Gasteiger partial charge in [-0.2, -0.15) is 0 Å². The lowest BCUT2D eigenvalue weighted by molar-refractivity contribution is 0.243. The van der Waals surface area contributed by atoms with Crippen molar-refractivity contribution in [2.45, 2.75) is 6.92 Å². The lowest BCUT2D eigenvalue weighted by Gasteiger charge is -2.08. The van der Waals surface area contributed by atoms with E-state index in [1.54, 1.807) is 14.0 Å². The Balaban J connectivity index is 4.63. The number of methoxy groups -OCH3 is 3. The third-order valence-corrected chi connectivity index (χ3v) is 1.40. The number of hydrogen-bond acceptors (Lipinski definition) is 4. The Morgan fingerprint density at radius 1 is 1.17 bits per heavy atom. The van der Waals surface area contributed by atoms with Gasteiger partial charge in [0, 0.05) is 0 Å². The minimum atomic E-state index is 0.432. The van der Waals surface area contributed by atoms with E-state index >= 15 is 0 Å². The van der Waals surface area contributed by atoms with Gasteiger partial charge in [0.05, 0.1) is 21.3 Å². The minimum absolute atomic E-state index is 0.432. The molecule has 0 atom stereocenters. The maximum atomic E-state index is 5.65. The van der Waals surface area contributed by atoms with E-state index in [1.807, 2.05) is 0 Å². The van der Waals surface area contributed by atoms with Gasteiger partial charge in [0.25, 0.3) is 0 Å². The Morgan fingerprint density at radius 2 is 1.75 bits per heavy atom. The van der Waals surface area contributed by atoms with Gasteiger partial charge in [0.1, 0.15) is 17.7 Å². The average Bonchev–Trinajstić information content (AvgIpc) is 2.11. The molecule has 0 saturated carbocycles. The molecule has 0 radical (unpaired) electrons. The SMILES string of the molecule is CO/C=C(OC)/C(N)=C(/C)OC. The molecule has 4 heteroatoms. The Kier molecular flexibility index (Phi) is 4.76. The second-order valence-corrected chi connectivity index (χ2v) is 2.10. The highest BCUT2D eigenvalue weighted by atomic mass is 16.5. The van der Waals surface area contributed by atoms with Crippen LogP contribution in [-0.2, 0) is 14.2 Å². The number of hydrogen-bond donors (Lipinski definition) is 1. The van der Waals surface area contributed by atoms with Crippen LogP contribution in [0.5, 0.6) is 0 Å². The van der Waals surface area contributed by atoms with Crippen LogP contribution < -0.4 is 5.73 Å². The fourth-order valence-corrected chi connectivity index (χ4v) is 0.612. The summed E-state index contributed by atoms with van der Waals surface area (Å²) >= 11 is 0. The third kappa shape index (κ3) is 2.74. The molecule has 0 rings (SSSR count). The molecule has 0 aliphatic carbocycles. The molecule has 0 aromatic heterocycles. The fourth-order valence-electron chi connectivity index (χ4n) is 0.612. The van der Waals surface area contributed by atoms with Crippen LogP contribution in [0.3, 0.4) is 0 Å². The second-order valence-electron chi connectivity index (χ2n) is 2.10. The van der Waals surface area contributed by atoms with Crippen molar-refractivity contribution in [2.75, 3.05) is 21.3 Å². The summed E-state index contributed by atoms with van der Waals surface area (Å²) in [6, 6.07) is 0. The first kappa shape index (κ1) is 10.7. The Labute approximate surface area is 72.6 Å². The normalized spacial score (nSPS) is 13.5. The maximum absolute atomic E-state index is 5.65. The molecule has 0 saturated heterocycles. The summed E-state index contributed by atoms with van der Waals surface area (Å²) in [4.78, 5) is 0. The molecular formula is C8H15NO3. The predicted molar refractivity (Wildman–Crippen MR) is 46.0 cm³/mol. The molecule has 0 spiro atoms. The van der Waals surface area contributed by atoms with E-state index in [0.29, 0.717) is 17.2 Å². The molecule has 12 heavy (non-hydrogen) atoms. The molecule has 0 fully saturated rings.